The molecule has 0 aliphatic rings. The minimum atomic E-state index is 0.630. The van der Waals surface area contributed by atoms with Crippen LogP contribution in [-0.4, -0.2) is 20.4 Å². The topological polar surface area (TPSA) is 30.8 Å². The molecule has 0 spiro atoms. The second kappa shape index (κ2) is 9.36. The van der Waals surface area contributed by atoms with Gasteiger partial charge in [0.2, 0.25) is 0 Å². The quantitative estimate of drug-likeness (QED) is 0.476. The number of ether oxygens (including phenoxy) is 2. The lowest BCUT2D eigenvalue weighted by Gasteiger charge is -2.08. The largest absolute Gasteiger partial charge is 0.497 e. The number of nitrogens with zero attached hydrogens (tertiary/aromatic N) is 1. The molecule has 0 bridgehead atoms. The summed E-state index contributed by atoms with van der Waals surface area (Å²) in [6, 6.07) is 14.3. The highest BCUT2D eigenvalue weighted by molar-refractivity contribution is 9.10. The third-order valence-electron chi connectivity index (χ3n) is 3.60. The summed E-state index contributed by atoms with van der Waals surface area (Å²) in [5.74, 6) is 1.61. The van der Waals surface area contributed by atoms with Crippen molar-refractivity contribution in [3.63, 3.8) is 0 Å². The molecule has 4 heteroatoms. The van der Waals surface area contributed by atoms with E-state index in [4.69, 9.17) is 9.47 Å². The molecule has 0 saturated carbocycles. The van der Waals surface area contributed by atoms with Crippen molar-refractivity contribution < 1.29 is 9.47 Å². The Labute approximate surface area is 146 Å². The van der Waals surface area contributed by atoms with E-state index in [1.54, 1.807) is 14.2 Å². The Morgan fingerprint density at radius 3 is 2.52 bits per heavy atom. The summed E-state index contributed by atoms with van der Waals surface area (Å²) in [6.07, 6.45) is 5.16. The van der Waals surface area contributed by atoms with Crippen molar-refractivity contribution >= 4 is 22.1 Å². The van der Waals surface area contributed by atoms with Crippen LogP contribution in [0, 0.1) is 0 Å². The minimum absolute atomic E-state index is 0.630. The number of rotatable bonds is 8. The molecule has 0 fully saturated rings. The Kier molecular flexibility index (Phi) is 7.14. The number of hydrogen-bond donors (Lipinski definition) is 0. The Morgan fingerprint density at radius 2 is 1.83 bits per heavy atom. The van der Waals surface area contributed by atoms with Gasteiger partial charge in [0.05, 0.1) is 20.8 Å². The van der Waals surface area contributed by atoms with Gasteiger partial charge in [0.25, 0.3) is 0 Å². The molecule has 2 rings (SSSR count). The van der Waals surface area contributed by atoms with Gasteiger partial charge >= 0.3 is 0 Å². The number of methoxy groups -OCH3 is 2. The molecule has 0 aliphatic heterocycles. The molecule has 0 atom stereocenters. The van der Waals surface area contributed by atoms with Gasteiger partial charge in [-0.15, -0.1) is 0 Å². The van der Waals surface area contributed by atoms with Gasteiger partial charge < -0.3 is 9.47 Å². The Morgan fingerprint density at radius 1 is 1.04 bits per heavy atom. The predicted octanol–water partition coefficient (Wildman–Crippen LogP) is 5.06. The zero-order valence-corrected chi connectivity index (χ0v) is 15.2. The molecule has 2 aromatic rings. The molecular weight excluding hydrogens is 354 g/mol. The molecule has 2 aromatic carbocycles. The maximum absolute atomic E-state index is 5.38. The Balaban J connectivity index is 1.77. The van der Waals surface area contributed by atoms with Crippen molar-refractivity contribution in [3.8, 4) is 11.5 Å². The number of unbranched alkanes of at least 4 members (excludes halogenated alkanes) is 1. The third kappa shape index (κ3) is 5.71. The van der Waals surface area contributed by atoms with Crippen molar-refractivity contribution in [1.82, 2.24) is 0 Å². The van der Waals surface area contributed by atoms with Gasteiger partial charge in [0.15, 0.2) is 0 Å². The van der Waals surface area contributed by atoms with Crippen LogP contribution in [0.15, 0.2) is 51.9 Å². The first-order chi connectivity index (χ1) is 11.2. The fourth-order valence-corrected chi connectivity index (χ4v) is 2.55. The second-order valence-corrected chi connectivity index (χ2v) is 6.14. The molecule has 0 unspecified atom stereocenters. The highest BCUT2D eigenvalue weighted by atomic mass is 79.9. The van der Waals surface area contributed by atoms with E-state index in [9.17, 15) is 0 Å². The number of aryl methyl sites for hydroxylation is 1. The molecular formula is C19H22BrNO2. The Hall–Kier alpha value is -1.81. The third-order valence-corrected chi connectivity index (χ3v) is 4.13. The fourth-order valence-electron chi connectivity index (χ4n) is 2.29. The minimum Gasteiger partial charge on any atom is -0.497 e. The van der Waals surface area contributed by atoms with Crippen LogP contribution in [-0.2, 0) is 13.0 Å². The highest BCUT2D eigenvalue weighted by Gasteiger charge is 2.03. The van der Waals surface area contributed by atoms with Crippen molar-refractivity contribution in [2.24, 2.45) is 4.99 Å². The maximum atomic E-state index is 5.38. The normalized spacial score (nSPS) is 10.9. The SMILES string of the molecule is COc1ccc(CN=CCCCc2ccc(Br)cc2)c(OC)c1. The van der Waals surface area contributed by atoms with Gasteiger partial charge in [0, 0.05) is 16.1 Å². The highest BCUT2D eigenvalue weighted by Crippen LogP contribution is 2.25. The summed E-state index contributed by atoms with van der Waals surface area (Å²) in [5.41, 5.74) is 2.43. The monoisotopic (exact) mass is 375 g/mol. The molecule has 122 valence electrons. The van der Waals surface area contributed by atoms with E-state index in [-0.39, 0.29) is 0 Å². The first kappa shape index (κ1) is 17.5. The van der Waals surface area contributed by atoms with E-state index in [1.807, 2.05) is 24.4 Å². The molecule has 3 nitrogen and oxygen atoms in total. The van der Waals surface area contributed by atoms with E-state index >= 15 is 0 Å². The molecule has 0 heterocycles. The van der Waals surface area contributed by atoms with Crippen molar-refractivity contribution in [2.45, 2.75) is 25.8 Å². The fraction of sp³-hybridized carbons (Fsp3) is 0.316. The average molecular weight is 376 g/mol. The lowest BCUT2D eigenvalue weighted by molar-refractivity contribution is 0.391. The van der Waals surface area contributed by atoms with Crippen molar-refractivity contribution in [3.05, 3.63) is 58.1 Å². The number of aliphatic imine (C=N–C) groups is 1. The van der Waals surface area contributed by atoms with Crippen molar-refractivity contribution in [1.29, 1.82) is 0 Å². The number of benzene rings is 2. The lowest BCUT2D eigenvalue weighted by atomic mass is 10.1. The molecule has 23 heavy (non-hydrogen) atoms. The zero-order chi connectivity index (χ0) is 16.5. The lowest BCUT2D eigenvalue weighted by Crippen LogP contribution is -1.93. The summed E-state index contributed by atoms with van der Waals surface area (Å²) < 4.78 is 11.7. The predicted molar refractivity (Wildman–Crippen MR) is 98.8 cm³/mol. The van der Waals surface area contributed by atoms with Crippen molar-refractivity contribution in [2.75, 3.05) is 14.2 Å². The van der Waals surface area contributed by atoms with Gasteiger partial charge in [-0.1, -0.05) is 28.1 Å². The van der Waals surface area contributed by atoms with Crippen LogP contribution >= 0.6 is 15.9 Å². The van der Waals surface area contributed by atoms with Crippen LogP contribution in [0.5, 0.6) is 11.5 Å². The van der Waals surface area contributed by atoms with Crippen LogP contribution in [0.2, 0.25) is 0 Å². The summed E-state index contributed by atoms with van der Waals surface area (Å²) in [5, 5.41) is 0. The van der Waals surface area contributed by atoms with Crippen LogP contribution in [0.25, 0.3) is 0 Å². The molecule has 0 N–H and O–H groups in total. The van der Waals surface area contributed by atoms with Gasteiger partial charge in [-0.2, -0.15) is 0 Å². The molecule has 0 aliphatic carbocycles. The molecule has 0 saturated heterocycles. The Bertz CT molecular complexity index is 638. The van der Waals surface area contributed by atoms with Crippen LogP contribution in [0.3, 0.4) is 0 Å². The average Bonchev–Trinajstić information content (AvgIpc) is 2.59. The van der Waals surface area contributed by atoms with Crippen LogP contribution in [0.4, 0.5) is 0 Å². The number of halogens is 1. The van der Waals surface area contributed by atoms with Crippen LogP contribution < -0.4 is 9.47 Å². The van der Waals surface area contributed by atoms with E-state index in [1.165, 1.54) is 5.56 Å². The first-order valence-corrected chi connectivity index (χ1v) is 8.46. The standard InChI is InChI=1S/C19H22BrNO2/c1-22-18-11-8-16(19(13-18)23-2)14-21-12-4-3-5-15-6-9-17(20)10-7-15/h6-13H,3-5,14H2,1-2H3. The molecule has 0 aromatic heterocycles. The zero-order valence-electron chi connectivity index (χ0n) is 13.6. The van der Waals surface area contributed by atoms with Gasteiger partial charge in [-0.05, 0) is 55.3 Å². The summed E-state index contributed by atoms with van der Waals surface area (Å²) >= 11 is 3.45. The van der Waals surface area contributed by atoms with E-state index < -0.39 is 0 Å². The smallest absolute Gasteiger partial charge is 0.127 e. The first-order valence-electron chi connectivity index (χ1n) is 7.66. The van der Waals surface area contributed by atoms with Gasteiger partial charge in [0.1, 0.15) is 11.5 Å². The van der Waals surface area contributed by atoms with Gasteiger partial charge in [-0.25, -0.2) is 0 Å². The van der Waals surface area contributed by atoms with E-state index in [0.717, 1.165) is 40.8 Å². The summed E-state index contributed by atoms with van der Waals surface area (Å²) in [4.78, 5) is 4.50. The molecule has 0 amide bonds. The maximum Gasteiger partial charge on any atom is 0.127 e. The van der Waals surface area contributed by atoms with Gasteiger partial charge in [-0.3, -0.25) is 4.99 Å². The van der Waals surface area contributed by atoms with E-state index in [2.05, 4.69) is 45.2 Å². The van der Waals surface area contributed by atoms with E-state index in [0.29, 0.717) is 6.54 Å². The number of hydrogen-bond acceptors (Lipinski definition) is 3. The summed E-state index contributed by atoms with van der Waals surface area (Å²) in [6.45, 7) is 0.630. The second-order valence-electron chi connectivity index (χ2n) is 5.22. The molecule has 0 radical (unpaired) electrons. The van der Waals surface area contributed by atoms with Crippen LogP contribution in [0.1, 0.15) is 24.0 Å². The summed E-state index contributed by atoms with van der Waals surface area (Å²) in [7, 11) is 3.32.